The molecule has 1 rings (SSSR count). The first-order valence-corrected chi connectivity index (χ1v) is 4.50. The molecule has 5 heteroatoms. The molecular formula is C8H7FN2OS. The van der Waals surface area contributed by atoms with Gasteiger partial charge >= 0.3 is 0 Å². The van der Waals surface area contributed by atoms with Crippen molar-refractivity contribution in [3.05, 3.63) is 12.0 Å². The summed E-state index contributed by atoms with van der Waals surface area (Å²) in [5, 5.41) is 9.20. The van der Waals surface area contributed by atoms with Gasteiger partial charge in [0, 0.05) is 12.2 Å². The highest BCUT2D eigenvalue weighted by Crippen LogP contribution is 2.17. The minimum absolute atomic E-state index is 0.328. The molecule has 1 aromatic rings. The van der Waals surface area contributed by atoms with E-state index in [1.165, 1.54) is 11.8 Å². The maximum Gasteiger partial charge on any atom is 0.252 e. The molecule has 68 valence electrons. The third-order valence-corrected chi connectivity index (χ3v) is 2.04. The van der Waals surface area contributed by atoms with Crippen molar-refractivity contribution >= 4 is 11.8 Å². The molecule has 0 aromatic carbocycles. The Balaban J connectivity index is 2.59. The van der Waals surface area contributed by atoms with Gasteiger partial charge in [-0.2, -0.15) is 9.37 Å². The zero-order chi connectivity index (χ0) is 9.68. The third kappa shape index (κ3) is 2.92. The first-order chi connectivity index (χ1) is 6.24. The van der Waals surface area contributed by atoms with Crippen molar-refractivity contribution in [2.75, 3.05) is 5.75 Å². The number of aromatic hydroxyl groups is 1. The Labute approximate surface area is 79.4 Å². The minimum Gasteiger partial charge on any atom is -0.491 e. The van der Waals surface area contributed by atoms with Crippen molar-refractivity contribution in [3.8, 4) is 18.2 Å². The van der Waals surface area contributed by atoms with Crippen LogP contribution in [0.3, 0.4) is 0 Å². The van der Waals surface area contributed by atoms with Gasteiger partial charge in [-0.1, -0.05) is 11.8 Å². The number of nitrogens with zero attached hydrogens (tertiary/aromatic N) is 2. The van der Waals surface area contributed by atoms with Gasteiger partial charge in [-0.3, -0.25) is 0 Å². The van der Waals surface area contributed by atoms with Gasteiger partial charge in [0.2, 0.25) is 5.82 Å². The Morgan fingerprint density at radius 1 is 1.69 bits per heavy atom. The van der Waals surface area contributed by atoms with Crippen LogP contribution in [0.1, 0.15) is 6.42 Å². The fourth-order valence-electron chi connectivity index (χ4n) is 0.613. The summed E-state index contributed by atoms with van der Waals surface area (Å²) >= 11 is 1.28. The summed E-state index contributed by atoms with van der Waals surface area (Å²) < 4.78 is 12.5. The van der Waals surface area contributed by atoms with Crippen molar-refractivity contribution in [3.63, 3.8) is 0 Å². The summed E-state index contributed by atoms with van der Waals surface area (Å²) in [6.07, 6.45) is 6.55. The van der Waals surface area contributed by atoms with E-state index in [1.54, 1.807) is 0 Å². The molecule has 0 unspecified atom stereocenters. The monoisotopic (exact) mass is 198 g/mol. The molecule has 13 heavy (non-hydrogen) atoms. The van der Waals surface area contributed by atoms with Crippen LogP contribution in [0.25, 0.3) is 0 Å². The molecule has 0 bridgehead atoms. The maximum absolute atomic E-state index is 12.5. The number of hydrogen-bond donors (Lipinski definition) is 1. The Kier molecular flexibility index (Phi) is 3.53. The molecule has 0 fully saturated rings. The van der Waals surface area contributed by atoms with E-state index in [9.17, 15) is 4.39 Å². The van der Waals surface area contributed by atoms with Gasteiger partial charge in [0.05, 0.1) is 6.20 Å². The molecule has 0 aliphatic heterocycles. The molecule has 1 heterocycles. The van der Waals surface area contributed by atoms with Crippen molar-refractivity contribution in [2.45, 2.75) is 11.6 Å². The van der Waals surface area contributed by atoms with Crippen LogP contribution in [0, 0.1) is 18.2 Å². The van der Waals surface area contributed by atoms with Crippen LogP contribution in [0.15, 0.2) is 11.4 Å². The topological polar surface area (TPSA) is 46.0 Å². The second-order valence-electron chi connectivity index (χ2n) is 2.13. The number of halogens is 1. The van der Waals surface area contributed by atoms with E-state index in [1.807, 2.05) is 0 Å². The summed E-state index contributed by atoms with van der Waals surface area (Å²) in [6.45, 7) is 0. The molecule has 0 aliphatic rings. The predicted octanol–water partition coefficient (Wildman–Crippen LogP) is 1.44. The van der Waals surface area contributed by atoms with Gasteiger partial charge in [0.15, 0.2) is 5.16 Å². The number of terminal acetylenes is 1. The molecule has 0 saturated heterocycles. The van der Waals surface area contributed by atoms with E-state index < -0.39 is 11.7 Å². The van der Waals surface area contributed by atoms with Gasteiger partial charge in [-0.15, -0.1) is 12.3 Å². The molecular weight excluding hydrogens is 191 g/mol. The summed E-state index contributed by atoms with van der Waals surface area (Å²) in [5.74, 6) is 1.66. The number of rotatable bonds is 3. The van der Waals surface area contributed by atoms with Gasteiger partial charge < -0.3 is 5.11 Å². The fourth-order valence-corrected chi connectivity index (χ4v) is 1.29. The van der Waals surface area contributed by atoms with E-state index in [2.05, 4.69) is 15.9 Å². The molecule has 0 atom stereocenters. The van der Waals surface area contributed by atoms with Crippen LogP contribution in [-0.4, -0.2) is 20.8 Å². The Morgan fingerprint density at radius 2 is 2.46 bits per heavy atom. The molecule has 0 aliphatic carbocycles. The molecule has 1 aromatic heterocycles. The zero-order valence-electron chi connectivity index (χ0n) is 6.70. The summed E-state index contributed by atoms with van der Waals surface area (Å²) in [7, 11) is 0. The average Bonchev–Trinajstić information content (AvgIpc) is 2.12. The summed E-state index contributed by atoms with van der Waals surface area (Å²) in [6, 6.07) is 0. The fraction of sp³-hybridized carbons (Fsp3) is 0.250. The van der Waals surface area contributed by atoms with Crippen molar-refractivity contribution in [2.24, 2.45) is 0 Å². The van der Waals surface area contributed by atoms with E-state index >= 15 is 0 Å². The highest BCUT2D eigenvalue weighted by atomic mass is 32.2. The largest absolute Gasteiger partial charge is 0.491 e. The smallest absolute Gasteiger partial charge is 0.252 e. The van der Waals surface area contributed by atoms with Crippen LogP contribution in [0.5, 0.6) is 5.88 Å². The molecule has 1 N–H and O–H groups in total. The molecule has 0 spiro atoms. The quantitative estimate of drug-likeness (QED) is 0.345. The minimum atomic E-state index is -0.818. The van der Waals surface area contributed by atoms with Gasteiger partial charge in [0.1, 0.15) is 0 Å². The Hall–Kier alpha value is -1.28. The van der Waals surface area contributed by atoms with Crippen LogP contribution < -0.4 is 0 Å². The second kappa shape index (κ2) is 4.67. The Bertz CT molecular complexity index is 337. The molecule has 3 nitrogen and oxygen atoms in total. The second-order valence-corrected chi connectivity index (χ2v) is 3.19. The van der Waals surface area contributed by atoms with Crippen molar-refractivity contribution in [1.29, 1.82) is 0 Å². The van der Waals surface area contributed by atoms with Crippen LogP contribution in [0.4, 0.5) is 4.39 Å². The average molecular weight is 198 g/mol. The lowest BCUT2D eigenvalue weighted by molar-refractivity contribution is 0.401. The number of thioether (sulfide) groups is 1. The highest BCUT2D eigenvalue weighted by Gasteiger charge is 2.04. The van der Waals surface area contributed by atoms with Crippen molar-refractivity contribution < 1.29 is 9.50 Å². The molecule has 0 amide bonds. The van der Waals surface area contributed by atoms with Crippen LogP contribution >= 0.6 is 11.8 Å². The Morgan fingerprint density at radius 3 is 3.08 bits per heavy atom. The highest BCUT2D eigenvalue weighted by molar-refractivity contribution is 7.99. The molecule has 0 radical (unpaired) electrons. The van der Waals surface area contributed by atoms with Gasteiger partial charge in [0.25, 0.3) is 5.88 Å². The zero-order valence-corrected chi connectivity index (χ0v) is 7.51. The van der Waals surface area contributed by atoms with E-state index in [0.717, 1.165) is 6.20 Å². The predicted molar refractivity (Wildman–Crippen MR) is 47.8 cm³/mol. The lowest BCUT2D eigenvalue weighted by Crippen LogP contribution is -1.90. The standard InChI is InChI=1S/C8H7FN2OS/c1-2-3-4-13-8-10-5-6(9)7(12)11-8/h1,5H,3-4H2,(H,10,11,12). The van der Waals surface area contributed by atoms with Crippen LogP contribution in [-0.2, 0) is 0 Å². The first-order valence-electron chi connectivity index (χ1n) is 3.52. The van der Waals surface area contributed by atoms with E-state index in [0.29, 0.717) is 17.3 Å². The summed E-state index contributed by atoms with van der Waals surface area (Å²) in [5.41, 5.74) is 0. The molecule has 0 saturated carbocycles. The lowest BCUT2D eigenvalue weighted by Gasteiger charge is -1.97. The van der Waals surface area contributed by atoms with E-state index in [4.69, 9.17) is 11.5 Å². The lowest BCUT2D eigenvalue weighted by atomic mass is 10.5. The SMILES string of the molecule is C#CCCSc1ncc(F)c(O)n1. The first kappa shape index (κ1) is 9.81. The van der Waals surface area contributed by atoms with Gasteiger partial charge in [-0.05, 0) is 0 Å². The van der Waals surface area contributed by atoms with E-state index in [-0.39, 0.29) is 0 Å². The van der Waals surface area contributed by atoms with Gasteiger partial charge in [-0.25, -0.2) is 4.98 Å². The maximum atomic E-state index is 12.5. The number of aromatic nitrogens is 2. The van der Waals surface area contributed by atoms with Crippen molar-refractivity contribution in [1.82, 2.24) is 9.97 Å². The third-order valence-electron chi connectivity index (χ3n) is 1.18. The van der Waals surface area contributed by atoms with Crippen LogP contribution in [0.2, 0.25) is 0 Å². The number of hydrogen-bond acceptors (Lipinski definition) is 4. The normalized spacial score (nSPS) is 9.54. The summed E-state index contributed by atoms with van der Waals surface area (Å²) in [4.78, 5) is 7.17.